The van der Waals surface area contributed by atoms with E-state index in [2.05, 4.69) is 19.2 Å². The molecule has 1 aliphatic carbocycles. The minimum atomic E-state index is -1.37. The van der Waals surface area contributed by atoms with E-state index in [4.69, 9.17) is 10.5 Å². The molecular formula is C37H52FN3O4. The van der Waals surface area contributed by atoms with E-state index in [1.165, 1.54) is 12.1 Å². The lowest BCUT2D eigenvalue weighted by Crippen LogP contribution is -2.52. The molecule has 2 amide bonds. The number of rotatable bonds is 18. The second-order valence-electron chi connectivity index (χ2n) is 12.8. The normalized spacial score (nSPS) is 17.8. The summed E-state index contributed by atoms with van der Waals surface area (Å²) in [6.07, 6.45) is 5.36. The van der Waals surface area contributed by atoms with Crippen molar-refractivity contribution in [2.45, 2.75) is 79.4 Å². The van der Waals surface area contributed by atoms with Gasteiger partial charge >= 0.3 is 0 Å². The number of hydrogen-bond acceptors (Lipinski definition) is 5. The summed E-state index contributed by atoms with van der Waals surface area (Å²) in [4.78, 5) is 29.1. The van der Waals surface area contributed by atoms with Crippen LogP contribution in [-0.2, 0) is 22.6 Å². The van der Waals surface area contributed by atoms with Gasteiger partial charge in [-0.2, -0.15) is 0 Å². The second-order valence-corrected chi connectivity index (χ2v) is 12.8. The molecule has 0 aromatic heterocycles. The Labute approximate surface area is 268 Å². The quantitative estimate of drug-likeness (QED) is 0.178. The highest BCUT2D eigenvalue weighted by molar-refractivity contribution is 5.97. The molecule has 4 N–H and O–H groups in total. The van der Waals surface area contributed by atoms with Crippen molar-refractivity contribution >= 4 is 11.8 Å². The predicted molar refractivity (Wildman–Crippen MR) is 178 cm³/mol. The zero-order chi connectivity index (χ0) is 33.0. The van der Waals surface area contributed by atoms with Crippen LogP contribution in [0.3, 0.4) is 0 Å². The van der Waals surface area contributed by atoms with E-state index in [1.807, 2.05) is 62.1 Å². The first-order valence-electron chi connectivity index (χ1n) is 16.3. The molecule has 246 valence electrons. The summed E-state index contributed by atoms with van der Waals surface area (Å²) in [5.41, 5.74) is 7.58. The zero-order valence-electron chi connectivity index (χ0n) is 27.7. The van der Waals surface area contributed by atoms with Crippen molar-refractivity contribution in [3.63, 3.8) is 0 Å². The summed E-state index contributed by atoms with van der Waals surface area (Å²) in [7, 11) is 0. The molecule has 0 bridgehead atoms. The number of allylic oxidation sites excluding steroid dienone is 2. The van der Waals surface area contributed by atoms with Crippen LogP contribution in [-0.4, -0.2) is 54.1 Å². The first kappa shape index (κ1) is 36.0. The maximum Gasteiger partial charge on any atom is 0.249 e. The van der Waals surface area contributed by atoms with Gasteiger partial charge in [-0.15, -0.1) is 0 Å². The molecular weight excluding hydrogens is 569 g/mol. The number of nitrogens with two attached hydrogens (primary N) is 1. The molecule has 2 aromatic rings. The van der Waals surface area contributed by atoms with E-state index in [-0.39, 0.29) is 31.9 Å². The van der Waals surface area contributed by atoms with E-state index in [0.29, 0.717) is 42.4 Å². The molecule has 7 nitrogen and oxygen atoms in total. The van der Waals surface area contributed by atoms with Crippen LogP contribution in [0.4, 0.5) is 4.39 Å². The van der Waals surface area contributed by atoms with Crippen molar-refractivity contribution in [3.8, 4) is 5.75 Å². The first-order valence-corrected chi connectivity index (χ1v) is 16.3. The fourth-order valence-electron chi connectivity index (χ4n) is 6.18. The maximum absolute atomic E-state index is 15.0. The van der Waals surface area contributed by atoms with E-state index in [1.54, 1.807) is 12.1 Å². The van der Waals surface area contributed by atoms with Crippen LogP contribution >= 0.6 is 0 Å². The molecule has 1 unspecified atom stereocenters. The molecule has 3 rings (SSSR count). The summed E-state index contributed by atoms with van der Waals surface area (Å²) < 4.78 is 20.9. The molecule has 3 atom stereocenters. The molecule has 2 aromatic carbocycles. The standard InChI is InChI=1S/C37H52FN3O4/c1-6-15-41(16-7-2)35(43)30-17-27(5)22-37(23-30,36(39)44)33(34(42)24-40-14-13-26(3)4)20-29-18-31(38)21-32(19-29)45-25-28-11-9-8-10-12-28/h8-12,17-19,21-22,26,33-34,40,42H,6-7,13-16,20,23-25H2,1-5H3,(H2,39,44)/t33-,34+,37?/m1/s1. The van der Waals surface area contributed by atoms with Gasteiger partial charge in [0.2, 0.25) is 11.8 Å². The fourth-order valence-corrected chi connectivity index (χ4v) is 6.18. The molecule has 0 spiro atoms. The van der Waals surface area contributed by atoms with Crippen LogP contribution in [0, 0.1) is 23.1 Å². The van der Waals surface area contributed by atoms with Crippen molar-refractivity contribution in [2.75, 3.05) is 26.2 Å². The third-order valence-electron chi connectivity index (χ3n) is 8.39. The lowest BCUT2D eigenvalue weighted by molar-refractivity contribution is -0.132. The minimum Gasteiger partial charge on any atom is -0.489 e. The number of primary amides is 1. The Morgan fingerprint density at radius 1 is 1.09 bits per heavy atom. The van der Waals surface area contributed by atoms with Gasteiger partial charge in [-0.3, -0.25) is 9.59 Å². The number of ether oxygens (including phenoxy) is 1. The molecule has 0 saturated carbocycles. The highest BCUT2D eigenvalue weighted by Crippen LogP contribution is 2.44. The molecule has 1 aliphatic rings. The Bertz CT molecular complexity index is 1320. The average molecular weight is 622 g/mol. The van der Waals surface area contributed by atoms with Gasteiger partial charge < -0.3 is 25.8 Å². The second kappa shape index (κ2) is 17.3. The van der Waals surface area contributed by atoms with Gasteiger partial charge in [0.25, 0.3) is 0 Å². The summed E-state index contributed by atoms with van der Waals surface area (Å²) in [5, 5.41) is 15.1. The molecule has 0 fully saturated rings. The van der Waals surface area contributed by atoms with Crippen LogP contribution in [0.15, 0.2) is 71.8 Å². The van der Waals surface area contributed by atoms with Gasteiger partial charge in [-0.25, -0.2) is 4.39 Å². The van der Waals surface area contributed by atoms with Crippen molar-refractivity contribution in [1.82, 2.24) is 10.2 Å². The monoisotopic (exact) mass is 621 g/mol. The third kappa shape index (κ3) is 10.3. The van der Waals surface area contributed by atoms with Gasteiger partial charge in [-0.05, 0) is 74.8 Å². The Morgan fingerprint density at radius 2 is 1.78 bits per heavy atom. The van der Waals surface area contributed by atoms with Gasteiger partial charge in [0.1, 0.15) is 18.2 Å². The molecule has 0 saturated heterocycles. The number of aliphatic hydroxyl groups excluding tert-OH is 1. The molecule has 0 heterocycles. The number of amides is 2. The van der Waals surface area contributed by atoms with Crippen LogP contribution in [0.5, 0.6) is 5.75 Å². The Kier molecular flexibility index (Phi) is 13.8. The zero-order valence-corrected chi connectivity index (χ0v) is 27.7. The largest absolute Gasteiger partial charge is 0.489 e. The number of carbonyl (C=O) groups excluding carboxylic acids is 2. The van der Waals surface area contributed by atoms with Gasteiger partial charge in [0.05, 0.1) is 11.5 Å². The van der Waals surface area contributed by atoms with E-state index < -0.39 is 29.2 Å². The highest BCUT2D eigenvalue weighted by atomic mass is 19.1. The topological polar surface area (TPSA) is 105 Å². The summed E-state index contributed by atoms with van der Waals surface area (Å²) in [6, 6.07) is 14.1. The molecule has 8 heteroatoms. The lowest BCUT2D eigenvalue weighted by atomic mass is 9.63. The Balaban J connectivity index is 1.99. The van der Waals surface area contributed by atoms with Crippen molar-refractivity contribution in [1.29, 1.82) is 0 Å². The van der Waals surface area contributed by atoms with Gasteiger partial charge in [0.15, 0.2) is 0 Å². The Hall–Kier alpha value is -3.49. The predicted octanol–water partition coefficient (Wildman–Crippen LogP) is 5.96. The number of nitrogens with one attached hydrogen (secondary N) is 1. The summed E-state index contributed by atoms with van der Waals surface area (Å²) >= 11 is 0. The number of aliphatic hydroxyl groups is 1. The lowest BCUT2D eigenvalue weighted by Gasteiger charge is -2.42. The fraction of sp³-hybridized carbons (Fsp3) is 0.514. The SMILES string of the molecule is CCCN(CCC)C(=O)C1=CC(C)=CC(C(N)=O)([C@H](Cc2cc(F)cc(OCc3ccccc3)c2)[C@@H](O)CNCCC(C)C)C1. The maximum atomic E-state index is 15.0. The van der Waals surface area contributed by atoms with Crippen molar-refractivity contribution < 1.29 is 23.8 Å². The van der Waals surface area contributed by atoms with Gasteiger partial charge in [-0.1, -0.05) is 75.8 Å². The van der Waals surface area contributed by atoms with Crippen molar-refractivity contribution in [3.05, 3.63) is 88.8 Å². The Morgan fingerprint density at radius 3 is 2.40 bits per heavy atom. The molecule has 0 aliphatic heterocycles. The minimum absolute atomic E-state index is 0.0584. The molecule has 0 radical (unpaired) electrons. The highest BCUT2D eigenvalue weighted by Gasteiger charge is 2.48. The first-order chi connectivity index (χ1) is 21.5. The number of halogens is 1. The summed E-state index contributed by atoms with van der Waals surface area (Å²) in [6.45, 7) is 12.6. The number of nitrogens with zero attached hydrogens (tertiary/aromatic N) is 1. The molecule has 45 heavy (non-hydrogen) atoms. The smallest absolute Gasteiger partial charge is 0.249 e. The van der Waals surface area contributed by atoms with E-state index in [0.717, 1.165) is 30.4 Å². The third-order valence-corrected chi connectivity index (χ3v) is 8.39. The van der Waals surface area contributed by atoms with E-state index in [9.17, 15) is 19.1 Å². The van der Waals surface area contributed by atoms with Crippen LogP contribution < -0.4 is 15.8 Å². The number of hydrogen-bond donors (Lipinski definition) is 3. The van der Waals surface area contributed by atoms with Crippen LogP contribution in [0.25, 0.3) is 0 Å². The van der Waals surface area contributed by atoms with Crippen LogP contribution in [0.1, 0.15) is 71.4 Å². The van der Waals surface area contributed by atoms with E-state index >= 15 is 0 Å². The summed E-state index contributed by atoms with van der Waals surface area (Å²) in [5.74, 6) is -1.13. The average Bonchev–Trinajstić information content (AvgIpc) is 3.00. The van der Waals surface area contributed by atoms with Gasteiger partial charge in [0, 0.05) is 37.2 Å². The van der Waals surface area contributed by atoms with Crippen LogP contribution in [0.2, 0.25) is 0 Å². The number of benzene rings is 2. The van der Waals surface area contributed by atoms with Crippen molar-refractivity contribution in [2.24, 2.45) is 23.0 Å². The number of carbonyl (C=O) groups is 2.